The monoisotopic (exact) mass is 1580 g/mol. The Balaban J connectivity index is 1.11. The number of hydrogen-bond donors (Lipinski definition) is 1. The third-order valence-corrected chi connectivity index (χ3v) is 18.2. The second-order valence-electron chi connectivity index (χ2n) is 25.8. The Hall–Kier alpha value is -10.1. The predicted octanol–water partition coefficient (Wildman–Crippen LogP) is 11.4. The standard InChI is InChI=1S/C83H80Cl3NO24/c1-51(88)39-44-63(90)105-69-67(98-46-54-27-13-5-14-28-54)74(107-76(92)59-37-23-10-24-38-59)81(111-71(69)77(93)100-48-56-31-17-7-18-32-56)108-66-64(87-82(95)83(84,85)86)79(104-62(65(66)102-52(2)89)50-97-45-53-25-11-4-12-26-53)109-70-68(99-47-55-29-15-6-16-30-55)73(106-75(91)58-35-21-9-22-36-58)80(103-61-42-40-60(96-3)41-43-61)110-72(70)78(94)101-49-57-33-19-8-20-34-57/h4-38,40-43,62,64-74,79-81H,39,44-50H2,1-3H3,(H,87,95)/t62-,64-,65-,66-,67+,68+,69+,70+,71+,72+,73-,74-,79+,80-,81-/m1/s1. The first-order valence-electron chi connectivity index (χ1n) is 35.4. The highest BCUT2D eigenvalue weighted by atomic mass is 35.6. The fourth-order valence-corrected chi connectivity index (χ4v) is 12.5. The van der Waals surface area contributed by atoms with Crippen molar-refractivity contribution >= 4 is 82.3 Å². The van der Waals surface area contributed by atoms with Crippen LogP contribution in [0.2, 0.25) is 0 Å². The Morgan fingerprint density at radius 3 is 1.28 bits per heavy atom. The Labute approximate surface area is 654 Å². The topological polar surface area (TPSA) is 296 Å². The average Bonchev–Trinajstić information content (AvgIpc) is 0.754. The first kappa shape index (κ1) is 81.8. The summed E-state index contributed by atoms with van der Waals surface area (Å²) >= 11 is 19.6. The van der Waals surface area contributed by atoms with Crippen LogP contribution in [0.4, 0.5) is 0 Å². The summed E-state index contributed by atoms with van der Waals surface area (Å²) in [5.41, 5.74) is 2.78. The fourth-order valence-electron chi connectivity index (χ4n) is 12.3. The Bertz CT molecular complexity index is 4330. The normalized spacial score (nSPS) is 23.6. The molecule has 15 atom stereocenters. The largest absolute Gasteiger partial charge is 0.497 e. The van der Waals surface area contributed by atoms with E-state index in [0.717, 1.165) is 6.92 Å². The number of halogens is 3. The number of alkyl halides is 3. The zero-order chi connectivity index (χ0) is 78.2. The molecule has 3 heterocycles. The molecule has 11 rings (SSSR count). The van der Waals surface area contributed by atoms with Gasteiger partial charge in [0.05, 0.1) is 51.1 Å². The molecule has 8 aromatic rings. The van der Waals surface area contributed by atoms with Gasteiger partial charge in [0.25, 0.3) is 9.70 Å². The molecular formula is C83H80Cl3NO24. The summed E-state index contributed by atoms with van der Waals surface area (Å²) in [5.74, 6) is -7.58. The molecule has 0 bridgehead atoms. The lowest BCUT2D eigenvalue weighted by Crippen LogP contribution is -2.71. The lowest BCUT2D eigenvalue weighted by Gasteiger charge is -2.51. The van der Waals surface area contributed by atoms with Crippen LogP contribution in [0.1, 0.15) is 75.2 Å². The quantitative estimate of drug-likeness (QED) is 0.0227. The maximum Gasteiger partial charge on any atom is 0.339 e. The number of carbonyl (C=O) groups is 8. The molecule has 0 aromatic heterocycles. The van der Waals surface area contributed by atoms with E-state index in [0.29, 0.717) is 33.6 Å². The van der Waals surface area contributed by atoms with Crippen molar-refractivity contribution in [2.24, 2.45) is 0 Å². The van der Waals surface area contributed by atoms with Gasteiger partial charge in [0.2, 0.25) is 6.29 Å². The van der Waals surface area contributed by atoms with E-state index < -0.39 is 151 Å². The molecule has 1 N–H and O–H groups in total. The molecule has 0 unspecified atom stereocenters. The zero-order valence-electron chi connectivity index (χ0n) is 60.3. The van der Waals surface area contributed by atoms with E-state index in [-0.39, 0.29) is 62.1 Å². The van der Waals surface area contributed by atoms with Crippen molar-refractivity contribution in [2.45, 2.75) is 156 Å². The van der Waals surface area contributed by atoms with Crippen LogP contribution >= 0.6 is 34.8 Å². The van der Waals surface area contributed by atoms with Gasteiger partial charge in [0, 0.05) is 13.3 Å². The maximum absolute atomic E-state index is 15.6. The van der Waals surface area contributed by atoms with Crippen LogP contribution in [0.5, 0.6) is 11.5 Å². The molecule has 3 aliphatic rings. The Kier molecular flexibility index (Phi) is 29.6. The van der Waals surface area contributed by atoms with Crippen molar-refractivity contribution < 1.29 is 114 Å². The van der Waals surface area contributed by atoms with Crippen LogP contribution in [-0.4, -0.2) is 157 Å². The molecule has 0 spiro atoms. The highest BCUT2D eigenvalue weighted by Crippen LogP contribution is 2.40. The summed E-state index contributed by atoms with van der Waals surface area (Å²) < 4.78 is 102. The van der Waals surface area contributed by atoms with E-state index in [4.69, 9.17) is 111 Å². The van der Waals surface area contributed by atoms with Crippen molar-refractivity contribution in [3.63, 3.8) is 0 Å². The van der Waals surface area contributed by atoms with Crippen molar-refractivity contribution in [1.82, 2.24) is 5.32 Å². The van der Waals surface area contributed by atoms with Gasteiger partial charge in [0.15, 0.2) is 49.2 Å². The van der Waals surface area contributed by atoms with Gasteiger partial charge >= 0.3 is 35.8 Å². The molecule has 0 radical (unpaired) electrons. The van der Waals surface area contributed by atoms with Gasteiger partial charge < -0.3 is 85.9 Å². The van der Waals surface area contributed by atoms with Crippen LogP contribution in [0.15, 0.2) is 237 Å². The summed E-state index contributed by atoms with van der Waals surface area (Å²) in [5, 5.41) is 2.65. The lowest BCUT2D eigenvalue weighted by atomic mass is 9.93. The minimum Gasteiger partial charge on any atom is -0.497 e. The number of nitrogens with one attached hydrogen (secondary N) is 1. The second kappa shape index (κ2) is 40.2. The maximum atomic E-state index is 15.6. The number of Topliss-reactive ketones (excluding diaryl/α,β-unsaturated/α-hetero) is 1. The fraction of sp³-hybridized carbons (Fsp3) is 0.325. The molecule has 111 heavy (non-hydrogen) atoms. The second-order valence-corrected chi connectivity index (χ2v) is 28.1. The van der Waals surface area contributed by atoms with E-state index in [1.165, 1.54) is 50.4 Å². The van der Waals surface area contributed by atoms with Crippen molar-refractivity contribution in [3.05, 3.63) is 276 Å². The van der Waals surface area contributed by atoms with E-state index in [2.05, 4.69) is 5.32 Å². The van der Waals surface area contributed by atoms with Gasteiger partial charge in [-0.05, 0) is 83.3 Å². The molecule has 3 aliphatic heterocycles. The summed E-state index contributed by atoms with van der Waals surface area (Å²) in [4.78, 5) is 116. The first-order valence-corrected chi connectivity index (χ1v) is 36.6. The molecule has 0 saturated carbocycles. The molecule has 3 saturated heterocycles. The number of amides is 1. The zero-order valence-corrected chi connectivity index (χ0v) is 62.5. The van der Waals surface area contributed by atoms with Crippen LogP contribution in [-0.2, 0) is 128 Å². The number of benzene rings is 8. The van der Waals surface area contributed by atoms with Crippen LogP contribution in [0.25, 0.3) is 0 Å². The average molecular weight is 1580 g/mol. The van der Waals surface area contributed by atoms with E-state index in [1.807, 2.05) is 0 Å². The number of ketones is 1. The lowest BCUT2D eigenvalue weighted by molar-refractivity contribution is -0.361. The summed E-state index contributed by atoms with van der Waals surface area (Å²) in [6, 6.07) is 63.0. The number of rotatable bonds is 33. The van der Waals surface area contributed by atoms with E-state index in [1.54, 1.807) is 200 Å². The molecule has 25 nitrogen and oxygen atoms in total. The Morgan fingerprint density at radius 2 is 0.820 bits per heavy atom. The number of hydrogen-bond acceptors (Lipinski definition) is 24. The van der Waals surface area contributed by atoms with Gasteiger partial charge in [-0.2, -0.15) is 0 Å². The summed E-state index contributed by atoms with van der Waals surface area (Å²) in [6.07, 6.45) is -28.2. The molecule has 3 fully saturated rings. The van der Waals surface area contributed by atoms with Gasteiger partial charge in [-0.3, -0.25) is 14.4 Å². The van der Waals surface area contributed by atoms with E-state index >= 15 is 9.59 Å². The SMILES string of the molecule is COc1ccc(O[C@@H]2O[C@H](C(=O)OCc3ccccc3)[C@@H](O[C@@H]3O[C@H](COCc4ccccc4)[C@@H](OC(C)=O)[C@H](O[C@@H]4O[C@H](C(=O)OCc5ccccc5)[C@@H](OC(=O)CCC(C)=O)[C@H](OCc5ccccc5)[C@H]4OC(=O)c4ccccc4)[C@H]3NC(=O)C(Cl)(Cl)Cl)[C@H](OCc3ccccc3)[C@H]2OC(=O)c2ccccc2)cc1. The summed E-state index contributed by atoms with van der Waals surface area (Å²) in [7, 11) is 1.47. The molecule has 0 aliphatic carbocycles. The number of methoxy groups -OCH3 is 1. The molecular weight excluding hydrogens is 1500 g/mol. The third kappa shape index (κ3) is 23.2. The smallest absolute Gasteiger partial charge is 0.339 e. The minimum absolute atomic E-state index is 0.0433. The Morgan fingerprint density at radius 1 is 0.405 bits per heavy atom. The summed E-state index contributed by atoms with van der Waals surface area (Å²) in [6.45, 7) is 0.245. The molecule has 8 aromatic carbocycles. The molecule has 1 amide bonds. The first-order chi connectivity index (χ1) is 53.7. The number of carbonyl (C=O) groups excluding carboxylic acids is 8. The van der Waals surface area contributed by atoms with Crippen LogP contribution in [0.3, 0.4) is 0 Å². The van der Waals surface area contributed by atoms with Crippen LogP contribution in [0, 0.1) is 0 Å². The van der Waals surface area contributed by atoms with Crippen LogP contribution < -0.4 is 14.8 Å². The predicted molar refractivity (Wildman–Crippen MR) is 397 cm³/mol. The number of esters is 6. The highest BCUT2D eigenvalue weighted by molar-refractivity contribution is 6.76. The van der Waals surface area contributed by atoms with Crippen molar-refractivity contribution in [3.8, 4) is 11.5 Å². The number of ether oxygens (including phenoxy) is 16. The van der Waals surface area contributed by atoms with Gasteiger partial charge in [-0.25, -0.2) is 19.2 Å². The van der Waals surface area contributed by atoms with Gasteiger partial charge in [-0.1, -0.05) is 223 Å². The van der Waals surface area contributed by atoms with Gasteiger partial charge in [0.1, 0.15) is 67.1 Å². The van der Waals surface area contributed by atoms with E-state index in [9.17, 15) is 28.8 Å². The molecule has 28 heteroatoms. The highest BCUT2D eigenvalue weighted by Gasteiger charge is 2.61. The minimum atomic E-state index is -2.89. The van der Waals surface area contributed by atoms with Crippen molar-refractivity contribution in [2.75, 3.05) is 13.7 Å². The van der Waals surface area contributed by atoms with Gasteiger partial charge in [-0.15, -0.1) is 0 Å². The molecule has 582 valence electrons. The van der Waals surface area contributed by atoms with Crippen molar-refractivity contribution in [1.29, 1.82) is 0 Å². The third-order valence-electron chi connectivity index (χ3n) is 17.7.